The molecule has 1 rings (SSSR count). The fraction of sp³-hybridized carbons (Fsp3) is 0.100. The van der Waals surface area contributed by atoms with Gasteiger partial charge in [-0.2, -0.15) is 0 Å². The zero-order valence-electron chi connectivity index (χ0n) is 7.84. The zero-order chi connectivity index (χ0) is 10.2. The van der Waals surface area contributed by atoms with Crippen molar-refractivity contribution in [1.82, 2.24) is 9.97 Å². The molecule has 72 valence electrons. The fourth-order valence-electron chi connectivity index (χ4n) is 0.787. The number of carbonyl (C=O) groups is 1. The van der Waals surface area contributed by atoms with E-state index in [4.69, 9.17) is 0 Å². The van der Waals surface area contributed by atoms with Crippen LogP contribution in [-0.2, 0) is 4.79 Å². The van der Waals surface area contributed by atoms with Crippen molar-refractivity contribution in [3.8, 4) is 0 Å². The van der Waals surface area contributed by atoms with Gasteiger partial charge in [-0.05, 0) is 13.0 Å². The van der Waals surface area contributed by atoms with E-state index in [0.29, 0.717) is 5.82 Å². The first kappa shape index (κ1) is 10.1. The van der Waals surface area contributed by atoms with Gasteiger partial charge in [-0.15, -0.1) is 0 Å². The Kier molecular flexibility index (Phi) is 4.07. The third-order valence-corrected chi connectivity index (χ3v) is 1.38. The quantitative estimate of drug-likeness (QED) is 0.579. The van der Waals surface area contributed by atoms with Gasteiger partial charge in [0.2, 0.25) is 5.91 Å². The SMILES string of the molecule is C/C=C/C=C/C(=O)Nc1ccncn1. The van der Waals surface area contributed by atoms with E-state index in [9.17, 15) is 4.79 Å². The predicted octanol–water partition coefficient (Wildman–Crippen LogP) is 1.55. The highest BCUT2D eigenvalue weighted by atomic mass is 16.1. The number of carbonyl (C=O) groups excluding carboxylic acids is 1. The molecule has 0 bridgehead atoms. The van der Waals surface area contributed by atoms with Gasteiger partial charge in [-0.25, -0.2) is 9.97 Å². The summed E-state index contributed by atoms with van der Waals surface area (Å²) in [5.41, 5.74) is 0. The molecule has 0 fully saturated rings. The molecule has 14 heavy (non-hydrogen) atoms. The van der Waals surface area contributed by atoms with Crippen LogP contribution in [0, 0.1) is 0 Å². The Morgan fingerprint density at radius 3 is 3.00 bits per heavy atom. The molecule has 0 saturated carbocycles. The Bertz CT molecular complexity index is 344. The summed E-state index contributed by atoms with van der Waals surface area (Å²) in [6, 6.07) is 1.63. The smallest absolute Gasteiger partial charge is 0.249 e. The number of aromatic nitrogens is 2. The molecule has 0 spiro atoms. The molecule has 4 nitrogen and oxygen atoms in total. The minimum absolute atomic E-state index is 0.207. The lowest BCUT2D eigenvalue weighted by Gasteiger charge is -1.97. The number of hydrogen-bond acceptors (Lipinski definition) is 3. The van der Waals surface area contributed by atoms with Crippen molar-refractivity contribution in [2.75, 3.05) is 5.32 Å². The lowest BCUT2D eigenvalue weighted by atomic mass is 10.4. The van der Waals surface area contributed by atoms with Crippen molar-refractivity contribution >= 4 is 11.7 Å². The predicted molar refractivity (Wildman–Crippen MR) is 54.6 cm³/mol. The highest BCUT2D eigenvalue weighted by molar-refractivity contribution is 5.98. The average molecular weight is 189 g/mol. The van der Waals surface area contributed by atoms with Crippen LogP contribution in [0.3, 0.4) is 0 Å². The molecule has 1 heterocycles. The van der Waals surface area contributed by atoms with Crippen molar-refractivity contribution in [1.29, 1.82) is 0 Å². The van der Waals surface area contributed by atoms with Crippen LogP contribution in [0.5, 0.6) is 0 Å². The molecule has 0 aliphatic carbocycles. The summed E-state index contributed by atoms with van der Waals surface area (Å²) in [6.07, 6.45) is 9.66. The van der Waals surface area contributed by atoms with Gasteiger partial charge < -0.3 is 5.32 Å². The van der Waals surface area contributed by atoms with E-state index in [-0.39, 0.29) is 5.91 Å². The Balaban J connectivity index is 2.50. The summed E-state index contributed by atoms with van der Waals surface area (Å²) in [6.45, 7) is 1.88. The molecule has 0 radical (unpaired) electrons. The minimum Gasteiger partial charge on any atom is -0.307 e. The standard InChI is InChI=1S/C10H11N3O/c1-2-3-4-5-10(14)13-9-6-7-11-8-12-9/h2-8H,1H3,(H,11,12,13,14)/b3-2+,5-4+. The number of nitrogens with one attached hydrogen (secondary N) is 1. The summed E-state index contributed by atoms with van der Waals surface area (Å²) in [5.74, 6) is 0.289. The van der Waals surface area contributed by atoms with Crippen molar-refractivity contribution in [2.45, 2.75) is 6.92 Å². The van der Waals surface area contributed by atoms with Crippen LogP contribution in [0.15, 0.2) is 42.9 Å². The summed E-state index contributed by atoms with van der Waals surface area (Å²) in [4.78, 5) is 18.8. The van der Waals surface area contributed by atoms with E-state index in [2.05, 4.69) is 15.3 Å². The van der Waals surface area contributed by atoms with Gasteiger partial charge in [0.25, 0.3) is 0 Å². The van der Waals surface area contributed by atoms with Crippen molar-refractivity contribution in [3.05, 3.63) is 42.9 Å². The second kappa shape index (κ2) is 5.64. The third-order valence-electron chi connectivity index (χ3n) is 1.38. The summed E-state index contributed by atoms with van der Waals surface area (Å²) in [7, 11) is 0. The maximum Gasteiger partial charge on any atom is 0.249 e. The van der Waals surface area contributed by atoms with Crippen molar-refractivity contribution in [3.63, 3.8) is 0 Å². The first-order chi connectivity index (χ1) is 6.83. The monoisotopic (exact) mass is 189 g/mol. The highest BCUT2D eigenvalue weighted by Gasteiger charge is 1.95. The molecule has 0 aliphatic rings. The van der Waals surface area contributed by atoms with Crippen LogP contribution in [0.4, 0.5) is 5.82 Å². The summed E-state index contributed by atoms with van der Waals surface area (Å²) in [5, 5.41) is 2.59. The highest BCUT2D eigenvalue weighted by Crippen LogP contribution is 1.97. The van der Waals surface area contributed by atoms with E-state index in [0.717, 1.165) is 0 Å². The van der Waals surface area contributed by atoms with Crippen molar-refractivity contribution < 1.29 is 4.79 Å². The number of amides is 1. The molecule has 0 atom stereocenters. The largest absolute Gasteiger partial charge is 0.307 e. The number of allylic oxidation sites excluding steroid dienone is 3. The molecule has 1 aromatic rings. The first-order valence-electron chi connectivity index (χ1n) is 4.19. The van der Waals surface area contributed by atoms with Gasteiger partial charge in [-0.1, -0.05) is 18.2 Å². The van der Waals surface area contributed by atoms with Gasteiger partial charge in [0.1, 0.15) is 12.1 Å². The van der Waals surface area contributed by atoms with Gasteiger partial charge in [0.15, 0.2) is 0 Å². The van der Waals surface area contributed by atoms with Crippen LogP contribution < -0.4 is 5.32 Å². The van der Waals surface area contributed by atoms with E-state index < -0.39 is 0 Å². The molecule has 0 saturated heterocycles. The van der Waals surface area contributed by atoms with E-state index in [1.54, 1.807) is 24.4 Å². The molecular weight excluding hydrogens is 178 g/mol. The Morgan fingerprint density at radius 2 is 2.36 bits per heavy atom. The van der Waals surface area contributed by atoms with Crippen molar-refractivity contribution in [2.24, 2.45) is 0 Å². The molecule has 0 aromatic carbocycles. The number of anilines is 1. The Morgan fingerprint density at radius 1 is 1.50 bits per heavy atom. The molecule has 1 amide bonds. The molecule has 1 aromatic heterocycles. The Hall–Kier alpha value is -1.97. The maximum atomic E-state index is 11.2. The minimum atomic E-state index is -0.207. The molecule has 1 N–H and O–H groups in total. The summed E-state index contributed by atoms with van der Waals surface area (Å²) < 4.78 is 0. The van der Waals surface area contributed by atoms with Crippen LogP contribution in [0.25, 0.3) is 0 Å². The second-order valence-electron chi connectivity index (χ2n) is 2.47. The van der Waals surface area contributed by atoms with E-state index in [1.807, 2.05) is 13.0 Å². The third kappa shape index (κ3) is 3.62. The lowest BCUT2D eigenvalue weighted by molar-refractivity contribution is -0.111. The molecule has 0 aliphatic heterocycles. The van der Waals surface area contributed by atoms with Crippen LogP contribution in [-0.4, -0.2) is 15.9 Å². The average Bonchev–Trinajstić information content (AvgIpc) is 2.20. The topological polar surface area (TPSA) is 54.9 Å². The van der Waals surface area contributed by atoms with Crippen LogP contribution in [0.1, 0.15) is 6.92 Å². The van der Waals surface area contributed by atoms with Gasteiger partial charge in [0.05, 0.1) is 0 Å². The molecule has 4 heteroatoms. The molecule has 0 unspecified atom stereocenters. The normalized spacial score (nSPS) is 10.9. The van der Waals surface area contributed by atoms with E-state index >= 15 is 0 Å². The first-order valence-corrected chi connectivity index (χ1v) is 4.19. The van der Waals surface area contributed by atoms with Gasteiger partial charge >= 0.3 is 0 Å². The maximum absolute atomic E-state index is 11.2. The van der Waals surface area contributed by atoms with E-state index in [1.165, 1.54) is 12.4 Å². The summed E-state index contributed by atoms with van der Waals surface area (Å²) >= 11 is 0. The van der Waals surface area contributed by atoms with Gasteiger partial charge in [0, 0.05) is 12.3 Å². The number of nitrogens with zero attached hydrogens (tertiary/aromatic N) is 2. The number of hydrogen-bond donors (Lipinski definition) is 1. The van der Waals surface area contributed by atoms with Crippen LogP contribution >= 0.6 is 0 Å². The van der Waals surface area contributed by atoms with Crippen LogP contribution in [0.2, 0.25) is 0 Å². The second-order valence-corrected chi connectivity index (χ2v) is 2.47. The fourth-order valence-corrected chi connectivity index (χ4v) is 0.787. The Labute approximate surface area is 82.4 Å². The van der Waals surface area contributed by atoms with Gasteiger partial charge in [-0.3, -0.25) is 4.79 Å². The number of rotatable bonds is 3. The zero-order valence-corrected chi connectivity index (χ0v) is 7.84. The molecular formula is C10H11N3O. The lowest BCUT2D eigenvalue weighted by Crippen LogP contribution is -2.08.